The minimum absolute atomic E-state index is 0.318. The first kappa shape index (κ1) is 21.3. The molecule has 0 amide bonds. The molecule has 0 saturated carbocycles. The van der Waals surface area contributed by atoms with Crippen molar-refractivity contribution in [3.05, 3.63) is 64.9 Å². The fourth-order valence-corrected chi connectivity index (χ4v) is 5.50. The number of benzene rings is 2. The zero-order chi connectivity index (χ0) is 22.5. The lowest BCUT2D eigenvalue weighted by Gasteiger charge is -2.34. The van der Waals surface area contributed by atoms with E-state index in [0.717, 1.165) is 40.7 Å². The average molecular weight is 436 g/mol. The number of hydrogen-bond donors (Lipinski definition) is 1. The van der Waals surface area contributed by atoms with E-state index in [4.69, 9.17) is 5.10 Å². The van der Waals surface area contributed by atoms with Crippen molar-refractivity contribution in [2.24, 2.45) is 5.41 Å². The highest BCUT2D eigenvalue weighted by molar-refractivity contribution is 5.89. The van der Waals surface area contributed by atoms with Crippen LogP contribution in [0.1, 0.15) is 69.2 Å². The Hall–Kier alpha value is -2.53. The summed E-state index contributed by atoms with van der Waals surface area (Å²) in [5.74, 6) is -1.14. The molecule has 2 saturated heterocycles. The van der Waals surface area contributed by atoms with Crippen LogP contribution in [0.5, 0.6) is 0 Å². The number of rotatable bonds is 3. The van der Waals surface area contributed by atoms with Gasteiger partial charge in [-0.2, -0.15) is 5.10 Å². The van der Waals surface area contributed by atoms with Gasteiger partial charge in [-0.1, -0.05) is 45.0 Å². The summed E-state index contributed by atoms with van der Waals surface area (Å²) in [4.78, 5) is 2.63. The zero-order valence-corrected chi connectivity index (χ0v) is 19.1. The van der Waals surface area contributed by atoms with Crippen molar-refractivity contribution in [2.75, 3.05) is 13.1 Å². The molecule has 3 nitrogen and oxygen atoms in total. The molecule has 0 spiro atoms. The van der Waals surface area contributed by atoms with E-state index >= 15 is 0 Å². The van der Waals surface area contributed by atoms with Crippen LogP contribution in [0.4, 0.5) is 8.78 Å². The van der Waals surface area contributed by atoms with Gasteiger partial charge in [-0.15, -0.1) is 0 Å². The first-order valence-corrected chi connectivity index (χ1v) is 11.7. The lowest BCUT2D eigenvalue weighted by Crippen LogP contribution is -2.37. The van der Waals surface area contributed by atoms with Crippen molar-refractivity contribution in [1.82, 2.24) is 15.1 Å². The summed E-state index contributed by atoms with van der Waals surface area (Å²) in [5.41, 5.74) is 3.90. The number of aromatic amines is 1. The van der Waals surface area contributed by atoms with Gasteiger partial charge in [0.05, 0.1) is 11.2 Å². The predicted molar refractivity (Wildman–Crippen MR) is 126 cm³/mol. The van der Waals surface area contributed by atoms with Crippen LogP contribution in [0.3, 0.4) is 0 Å². The molecule has 2 unspecified atom stereocenters. The van der Waals surface area contributed by atoms with Crippen molar-refractivity contribution in [2.45, 2.75) is 58.4 Å². The number of nitrogens with zero attached hydrogens (tertiary/aromatic N) is 2. The van der Waals surface area contributed by atoms with Crippen LogP contribution in [-0.4, -0.2) is 34.2 Å². The van der Waals surface area contributed by atoms with Crippen LogP contribution in [-0.2, 0) is 0 Å². The Kier molecular flexibility index (Phi) is 5.40. The van der Waals surface area contributed by atoms with Crippen LogP contribution < -0.4 is 0 Å². The van der Waals surface area contributed by atoms with Gasteiger partial charge >= 0.3 is 0 Å². The van der Waals surface area contributed by atoms with E-state index in [2.05, 4.69) is 16.1 Å². The molecule has 2 fully saturated rings. The molecular formula is C27H31F2N3. The summed E-state index contributed by atoms with van der Waals surface area (Å²) < 4.78 is 28.6. The fraction of sp³-hybridized carbons (Fsp3) is 0.444. The van der Waals surface area contributed by atoms with Crippen LogP contribution in [0.25, 0.3) is 22.6 Å². The Morgan fingerprint density at radius 2 is 1.97 bits per heavy atom. The number of aromatic nitrogens is 2. The third kappa shape index (κ3) is 3.88. The van der Waals surface area contributed by atoms with Crippen molar-refractivity contribution in [3.8, 4) is 0 Å². The lowest BCUT2D eigenvalue weighted by molar-refractivity contribution is 0.180. The molecule has 3 aromatic rings. The molecule has 32 heavy (non-hydrogen) atoms. The number of piperidine rings is 1. The summed E-state index contributed by atoms with van der Waals surface area (Å²) in [5, 5.41) is 9.06. The summed E-state index contributed by atoms with van der Waals surface area (Å²) in [6.45, 7) is 8.47. The topological polar surface area (TPSA) is 31.9 Å². The van der Waals surface area contributed by atoms with E-state index in [1.165, 1.54) is 31.9 Å². The van der Waals surface area contributed by atoms with Crippen LogP contribution in [0, 0.1) is 17.0 Å². The van der Waals surface area contributed by atoms with Crippen molar-refractivity contribution < 1.29 is 8.78 Å². The second-order valence-electron chi connectivity index (χ2n) is 10.4. The second kappa shape index (κ2) is 8.11. The molecule has 1 aromatic heterocycles. The maximum Gasteiger partial charge on any atom is 0.166 e. The van der Waals surface area contributed by atoms with Gasteiger partial charge in [0.25, 0.3) is 0 Å². The van der Waals surface area contributed by atoms with E-state index < -0.39 is 11.6 Å². The third-order valence-corrected chi connectivity index (χ3v) is 7.18. The van der Waals surface area contributed by atoms with Crippen molar-refractivity contribution >= 4 is 22.6 Å². The smallest absolute Gasteiger partial charge is 0.166 e. The monoisotopic (exact) mass is 435 g/mol. The molecule has 2 aliphatic rings. The van der Waals surface area contributed by atoms with Crippen molar-refractivity contribution in [3.63, 3.8) is 0 Å². The number of nitrogens with one attached hydrogen (secondary N) is 1. The minimum atomic E-state index is -0.816. The number of H-pyrrole nitrogens is 1. The highest BCUT2D eigenvalue weighted by Gasteiger charge is 2.34. The Morgan fingerprint density at radius 3 is 2.78 bits per heavy atom. The van der Waals surface area contributed by atoms with Gasteiger partial charge in [-0.05, 0) is 73.5 Å². The molecule has 2 aliphatic heterocycles. The van der Waals surface area contributed by atoms with E-state index in [1.807, 2.05) is 39.0 Å². The number of allylic oxidation sites excluding steroid dienone is 1. The van der Waals surface area contributed by atoms with Gasteiger partial charge in [-0.3, -0.25) is 5.10 Å². The standard InChI is InChI=1S/C27H31F2N3/c1-27(2,3)22(20-7-4-8-23(28)25(20)29)15-17-9-10-24-21(14-17)26(31-30-24)18-11-13-32-12-5-6-19(32)16-18/h4,7-10,14-15,18-19H,5-6,11-13,16H2,1-3H3,(H,30,31)/b22-15-. The minimum Gasteiger partial charge on any atom is -0.300 e. The van der Waals surface area contributed by atoms with E-state index in [9.17, 15) is 8.78 Å². The largest absolute Gasteiger partial charge is 0.300 e. The van der Waals surface area contributed by atoms with Crippen LogP contribution in [0.2, 0.25) is 0 Å². The summed E-state index contributed by atoms with van der Waals surface area (Å²) in [6.07, 6.45) is 6.90. The molecule has 0 bridgehead atoms. The second-order valence-corrected chi connectivity index (χ2v) is 10.4. The number of hydrogen-bond acceptors (Lipinski definition) is 2. The molecule has 2 aromatic carbocycles. The Bertz CT molecular complexity index is 1170. The molecular weight excluding hydrogens is 404 g/mol. The Labute approximate surface area is 188 Å². The summed E-state index contributed by atoms with van der Waals surface area (Å²) in [7, 11) is 0. The first-order chi connectivity index (χ1) is 15.3. The number of halogens is 2. The first-order valence-electron chi connectivity index (χ1n) is 11.7. The van der Waals surface area contributed by atoms with Gasteiger partial charge in [0.15, 0.2) is 11.6 Å². The molecule has 3 heterocycles. The van der Waals surface area contributed by atoms with E-state index in [-0.39, 0.29) is 5.41 Å². The van der Waals surface area contributed by atoms with Gasteiger partial charge < -0.3 is 4.90 Å². The van der Waals surface area contributed by atoms with Crippen LogP contribution >= 0.6 is 0 Å². The molecule has 5 rings (SSSR count). The molecule has 1 N–H and O–H groups in total. The van der Waals surface area contributed by atoms with Crippen molar-refractivity contribution in [1.29, 1.82) is 0 Å². The predicted octanol–water partition coefficient (Wildman–Crippen LogP) is 6.77. The molecule has 168 valence electrons. The Balaban J connectivity index is 1.54. The van der Waals surface area contributed by atoms with Gasteiger partial charge in [0.1, 0.15) is 0 Å². The maximum atomic E-state index is 14.7. The van der Waals surface area contributed by atoms with E-state index in [1.54, 1.807) is 12.1 Å². The zero-order valence-electron chi connectivity index (χ0n) is 19.1. The fourth-order valence-electron chi connectivity index (χ4n) is 5.50. The summed E-state index contributed by atoms with van der Waals surface area (Å²) >= 11 is 0. The highest BCUT2D eigenvalue weighted by Crippen LogP contribution is 2.40. The quantitative estimate of drug-likeness (QED) is 0.460. The molecule has 5 heteroatoms. The SMILES string of the molecule is CC(C)(C)/C(=C\c1ccc2[nH]nc(C3CCN4CCCC4C3)c2c1)c1cccc(F)c1F. The highest BCUT2D eigenvalue weighted by atomic mass is 19.2. The Morgan fingerprint density at radius 1 is 1.12 bits per heavy atom. The number of fused-ring (bicyclic) bond motifs is 2. The summed E-state index contributed by atoms with van der Waals surface area (Å²) in [6, 6.07) is 11.3. The maximum absolute atomic E-state index is 14.7. The average Bonchev–Trinajstić information content (AvgIpc) is 3.39. The normalized spacial score (nSPS) is 22.5. The van der Waals surface area contributed by atoms with Gasteiger partial charge in [0.2, 0.25) is 0 Å². The van der Waals surface area contributed by atoms with Gasteiger partial charge in [0, 0.05) is 22.9 Å². The van der Waals surface area contributed by atoms with Gasteiger partial charge in [-0.25, -0.2) is 8.78 Å². The molecule has 0 aliphatic carbocycles. The van der Waals surface area contributed by atoms with E-state index in [0.29, 0.717) is 17.5 Å². The third-order valence-electron chi connectivity index (χ3n) is 7.18. The molecule has 2 atom stereocenters. The lowest BCUT2D eigenvalue weighted by atomic mass is 9.80. The molecule has 0 radical (unpaired) electrons. The van der Waals surface area contributed by atoms with Crippen LogP contribution in [0.15, 0.2) is 36.4 Å².